The van der Waals surface area contributed by atoms with Crippen molar-refractivity contribution in [1.82, 2.24) is 5.32 Å². The molecule has 1 aromatic rings. The van der Waals surface area contributed by atoms with Crippen LogP contribution in [0, 0.1) is 18.8 Å². The number of carbonyl (C=O) groups excluding carboxylic acids is 3. The van der Waals surface area contributed by atoms with Crippen molar-refractivity contribution in [3.8, 4) is 0 Å². The quantitative estimate of drug-likeness (QED) is 0.424. The van der Waals surface area contributed by atoms with Crippen molar-refractivity contribution in [3.05, 3.63) is 57.9 Å². The number of aryl methyl sites for hydroxylation is 1. The Morgan fingerprint density at radius 2 is 1.84 bits per heavy atom. The summed E-state index contributed by atoms with van der Waals surface area (Å²) in [6.07, 6.45) is 0.507. The first-order chi connectivity index (χ1) is 14.8. The summed E-state index contributed by atoms with van der Waals surface area (Å²) >= 11 is 0. The molecule has 7 nitrogen and oxygen atoms in total. The number of esters is 2. The lowest BCUT2D eigenvalue weighted by atomic mass is 9.68. The summed E-state index contributed by atoms with van der Waals surface area (Å²) in [5, 5.41) is 3.25. The first-order valence-corrected chi connectivity index (χ1v) is 10.4. The standard InChI is InChI=1S/C24H29NO6/c1-13-8-6-7-9-16(13)20-19(24(28)31-11-10-29-4)15(3)25-17-12-14(2)18(23(27)30-5)22(26)21(17)20/h6-9,14,18,20,25H,10-12H2,1-5H3/t14-,18-,20+/m0/s1. The van der Waals surface area contributed by atoms with Gasteiger partial charge in [0.05, 0.1) is 19.3 Å². The van der Waals surface area contributed by atoms with Crippen LogP contribution in [-0.2, 0) is 28.6 Å². The first kappa shape index (κ1) is 22.7. The lowest BCUT2D eigenvalue weighted by Gasteiger charge is -2.38. The van der Waals surface area contributed by atoms with Crippen LogP contribution in [-0.4, -0.2) is 45.2 Å². The highest BCUT2D eigenvalue weighted by Gasteiger charge is 2.47. The van der Waals surface area contributed by atoms with Crippen LogP contribution in [0.3, 0.4) is 0 Å². The maximum absolute atomic E-state index is 13.6. The molecule has 166 valence electrons. The number of carbonyl (C=O) groups is 3. The Morgan fingerprint density at radius 3 is 2.48 bits per heavy atom. The summed E-state index contributed by atoms with van der Waals surface area (Å²) in [5.41, 5.74) is 3.98. The van der Waals surface area contributed by atoms with Crippen LogP contribution in [0.4, 0.5) is 0 Å². The number of hydrogen-bond acceptors (Lipinski definition) is 7. The van der Waals surface area contributed by atoms with E-state index in [1.54, 1.807) is 0 Å². The predicted octanol–water partition coefficient (Wildman–Crippen LogP) is 2.80. The summed E-state index contributed by atoms with van der Waals surface area (Å²) in [7, 11) is 2.81. The first-order valence-electron chi connectivity index (χ1n) is 10.4. The molecule has 0 bridgehead atoms. The Labute approximate surface area is 182 Å². The minimum Gasteiger partial charge on any atom is -0.468 e. The Balaban J connectivity index is 2.14. The minimum atomic E-state index is -0.902. The third-order valence-corrected chi connectivity index (χ3v) is 5.98. The van der Waals surface area contributed by atoms with Crippen molar-refractivity contribution in [2.45, 2.75) is 33.1 Å². The highest BCUT2D eigenvalue weighted by Crippen LogP contribution is 2.46. The molecule has 7 heteroatoms. The third-order valence-electron chi connectivity index (χ3n) is 5.98. The van der Waals surface area contributed by atoms with Gasteiger partial charge in [0.1, 0.15) is 12.5 Å². The van der Waals surface area contributed by atoms with Crippen molar-refractivity contribution in [2.24, 2.45) is 11.8 Å². The van der Waals surface area contributed by atoms with Crippen molar-refractivity contribution < 1.29 is 28.6 Å². The van der Waals surface area contributed by atoms with Crippen molar-refractivity contribution in [1.29, 1.82) is 0 Å². The van der Waals surface area contributed by atoms with Gasteiger partial charge in [-0.15, -0.1) is 0 Å². The molecule has 0 fully saturated rings. The van der Waals surface area contributed by atoms with E-state index in [9.17, 15) is 14.4 Å². The van der Waals surface area contributed by atoms with Crippen LogP contribution >= 0.6 is 0 Å². The number of ether oxygens (including phenoxy) is 3. The number of dihydropyridines is 1. The van der Waals surface area contributed by atoms with Gasteiger partial charge in [0, 0.05) is 30.0 Å². The molecule has 3 atom stereocenters. The van der Waals surface area contributed by atoms with Gasteiger partial charge < -0.3 is 19.5 Å². The number of ketones is 1. The van der Waals surface area contributed by atoms with Crippen molar-refractivity contribution in [2.75, 3.05) is 27.4 Å². The Bertz CT molecular complexity index is 961. The zero-order valence-corrected chi connectivity index (χ0v) is 18.6. The Morgan fingerprint density at radius 1 is 1.13 bits per heavy atom. The van der Waals surface area contributed by atoms with E-state index in [0.29, 0.717) is 23.3 Å². The molecule has 31 heavy (non-hydrogen) atoms. The topological polar surface area (TPSA) is 90.9 Å². The maximum Gasteiger partial charge on any atom is 0.336 e. The summed E-state index contributed by atoms with van der Waals surface area (Å²) in [6, 6.07) is 7.63. The molecule has 0 unspecified atom stereocenters. The van der Waals surface area contributed by atoms with E-state index in [4.69, 9.17) is 14.2 Å². The van der Waals surface area contributed by atoms with E-state index in [2.05, 4.69) is 5.32 Å². The molecule has 0 saturated carbocycles. The molecule has 0 aromatic heterocycles. The fourth-order valence-corrected chi connectivity index (χ4v) is 4.47. The molecule has 1 heterocycles. The fourth-order valence-electron chi connectivity index (χ4n) is 4.47. The van der Waals surface area contributed by atoms with Crippen LogP contribution in [0.1, 0.15) is 37.3 Å². The SMILES string of the molecule is COCCOC(=O)C1=C(C)NC2=C(C(=O)[C@@H](C(=O)OC)[C@@H](C)C2)[C@@H]1c1ccccc1C. The molecule has 0 radical (unpaired) electrons. The number of benzene rings is 1. The highest BCUT2D eigenvalue weighted by molar-refractivity contribution is 6.12. The Hall–Kier alpha value is -2.93. The lowest BCUT2D eigenvalue weighted by molar-refractivity contribution is -0.151. The molecule has 1 aliphatic carbocycles. The fraction of sp³-hybridized carbons (Fsp3) is 0.458. The van der Waals surface area contributed by atoms with E-state index < -0.39 is 23.8 Å². The van der Waals surface area contributed by atoms with Gasteiger partial charge in [-0.2, -0.15) is 0 Å². The second kappa shape index (κ2) is 9.47. The largest absolute Gasteiger partial charge is 0.468 e. The molecule has 3 rings (SSSR count). The van der Waals surface area contributed by atoms with Crippen molar-refractivity contribution >= 4 is 17.7 Å². The molecule has 1 N–H and O–H groups in total. The number of methoxy groups -OCH3 is 2. The zero-order valence-electron chi connectivity index (χ0n) is 18.6. The molecule has 1 aliphatic heterocycles. The summed E-state index contributed by atoms with van der Waals surface area (Å²) in [4.78, 5) is 39.1. The molecule has 0 spiro atoms. The summed E-state index contributed by atoms with van der Waals surface area (Å²) in [5.74, 6) is -3.12. The van der Waals surface area contributed by atoms with Gasteiger partial charge in [-0.25, -0.2) is 4.79 Å². The van der Waals surface area contributed by atoms with Crippen LogP contribution in [0.5, 0.6) is 0 Å². The van der Waals surface area contributed by atoms with E-state index in [-0.39, 0.29) is 24.9 Å². The number of Topliss-reactive ketones (excluding diaryl/α,β-unsaturated/α-hetero) is 1. The monoisotopic (exact) mass is 427 g/mol. The maximum atomic E-state index is 13.6. The number of allylic oxidation sites excluding steroid dienone is 3. The number of nitrogens with one attached hydrogen (secondary N) is 1. The van der Waals surface area contributed by atoms with Crippen LogP contribution in [0.15, 0.2) is 46.8 Å². The molecule has 2 aliphatic rings. The molecular formula is C24H29NO6. The Kier molecular flexibility index (Phi) is 6.95. The predicted molar refractivity (Wildman–Crippen MR) is 114 cm³/mol. The average Bonchev–Trinajstić information content (AvgIpc) is 2.73. The average molecular weight is 427 g/mol. The van der Waals surface area contributed by atoms with Crippen LogP contribution in [0.2, 0.25) is 0 Å². The molecule has 0 amide bonds. The van der Waals surface area contributed by atoms with Crippen LogP contribution in [0.25, 0.3) is 0 Å². The molecule has 0 saturated heterocycles. The van der Waals surface area contributed by atoms with Gasteiger partial charge in [0.15, 0.2) is 5.78 Å². The van der Waals surface area contributed by atoms with Gasteiger partial charge in [-0.05, 0) is 37.3 Å². The van der Waals surface area contributed by atoms with Crippen LogP contribution < -0.4 is 5.32 Å². The van der Waals surface area contributed by atoms with E-state index >= 15 is 0 Å². The van der Waals surface area contributed by atoms with E-state index in [0.717, 1.165) is 16.8 Å². The normalized spacial score (nSPS) is 23.3. The number of rotatable bonds is 6. The summed E-state index contributed by atoms with van der Waals surface area (Å²) < 4.78 is 15.3. The van der Waals surface area contributed by atoms with Gasteiger partial charge in [-0.3, -0.25) is 9.59 Å². The van der Waals surface area contributed by atoms with Gasteiger partial charge in [-0.1, -0.05) is 31.2 Å². The van der Waals surface area contributed by atoms with Gasteiger partial charge in [0.2, 0.25) is 0 Å². The zero-order chi connectivity index (χ0) is 22.7. The third kappa shape index (κ3) is 4.28. The number of hydrogen-bond donors (Lipinski definition) is 1. The second-order valence-corrected chi connectivity index (χ2v) is 8.02. The lowest BCUT2D eigenvalue weighted by Crippen LogP contribution is -2.43. The molecular weight excluding hydrogens is 398 g/mol. The van der Waals surface area contributed by atoms with E-state index in [1.807, 2.05) is 45.0 Å². The van der Waals surface area contributed by atoms with Gasteiger partial charge in [0.25, 0.3) is 0 Å². The second-order valence-electron chi connectivity index (χ2n) is 8.02. The minimum absolute atomic E-state index is 0.105. The highest BCUT2D eigenvalue weighted by atomic mass is 16.6. The van der Waals surface area contributed by atoms with Crippen molar-refractivity contribution in [3.63, 3.8) is 0 Å². The van der Waals surface area contributed by atoms with Gasteiger partial charge >= 0.3 is 11.9 Å². The smallest absolute Gasteiger partial charge is 0.336 e. The molecule has 1 aromatic carbocycles. The van der Waals surface area contributed by atoms with E-state index in [1.165, 1.54) is 14.2 Å². The summed E-state index contributed by atoms with van der Waals surface area (Å²) in [6.45, 7) is 5.99.